The lowest BCUT2D eigenvalue weighted by Gasteiger charge is -2.32. The molecule has 3 aromatic rings. The number of furan rings is 1. The zero-order chi connectivity index (χ0) is 19.0. The third kappa shape index (κ3) is 3.39. The Morgan fingerprint density at radius 3 is 2.89 bits per heavy atom. The molecule has 142 valence electrons. The lowest BCUT2D eigenvalue weighted by atomic mass is 9.96. The summed E-state index contributed by atoms with van der Waals surface area (Å²) in [7, 11) is 1.99. The number of likely N-dealkylation sites (tertiary alicyclic amines) is 1. The molecule has 3 aromatic heterocycles. The fourth-order valence-corrected chi connectivity index (χ4v) is 3.80. The minimum absolute atomic E-state index is 0.0369. The van der Waals surface area contributed by atoms with Crippen molar-refractivity contribution in [1.29, 1.82) is 0 Å². The van der Waals surface area contributed by atoms with Crippen molar-refractivity contribution in [3.05, 3.63) is 53.5 Å². The van der Waals surface area contributed by atoms with Crippen LogP contribution in [0.1, 0.15) is 52.3 Å². The molecule has 0 spiro atoms. The Hall–Kier alpha value is -2.90. The Kier molecular flexibility index (Phi) is 4.55. The quantitative estimate of drug-likeness (QED) is 0.706. The van der Waals surface area contributed by atoms with E-state index in [0.29, 0.717) is 24.4 Å². The number of hydrogen-bond donors (Lipinski definition) is 0. The van der Waals surface area contributed by atoms with Gasteiger partial charge in [0, 0.05) is 38.4 Å². The SMILES string of the molecule is Cc1cc(C(=O)N2CCCC(c3nnc(Cn4ccnc4)n3C)C2)c(C)o1. The third-order valence-electron chi connectivity index (χ3n) is 5.23. The number of hydrogen-bond acceptors (Lipinski definition) is 5. The van der Waals surface area contributed by atoms with E-state index in [1.165, 1.54) is 0 Å². The van der Waals surface area contributed by atoms with Crippen molar-refractivity contribution < 1.29 is 9.21 Å². The van der Waals surface area contributed by atoms with Crippen molar-refractivity contribution in [2.45, 2.75) is 39.2 Å². The molecule has 1 amide bonds. The van der Waals surface area contributed by atoms with E-state index in [1.54, 1.807) is 12.5 Å². The second-order valence-electron chi connectivity index (χ2n) is 7.19. The Labute approximate surface area is 157 Å². The van der Waals surface area contributed by atoms with Crippen molar-refractivity contribution in [2.24, 2.45) is 7.05 Å². The van der Waals surface area contributed by atoms with Gasteiger partial charge in [0.25, 0.3) is 5.91 Å². The van der Waals surface area contributed by atoms with Crippen LogP contribution in [0.15, 0.2) is 29.2 Å². The minimum Gasteiger partial charge on any atom is -0.466 e. The van der Waals surface area contributed by atoms with Crippen molar-refractivity contribution >= 4 is 5.91 Å². The molecule has 1 unspecified atom stereocenters. The maximum Gasteiger partial charge on any atom is 0.257 e. The van der Waals surface area contributed by atoms with E-state index in [9.17, 15) is 4.79 Å². The molecule has 4 rings (SSSR count). The van der Waals surface area contributed by atoms with Gasteiger partial charge < -0.3 is 18.5 Å². The van der Waals surface area contributed by atoms with Crippen LogP contribution in [-0.2, 0) is 13.6 Å². The standard InChI is InChI=1S/C19H24N6O2/c1-13-9-16(14(2)27-13)19(26)25-7-4-5-15(10-25)18-22-21-17(23(18)3)11-24-8-6-20-12-24/h6,8-9,12,15H,4-5,7,10-11H2,1-3H3. The first-order chi connectivity index (χ1) is 13.0. The average Bonchev–Trinajstić information content (AvgIpc) is 3.37. The molecule has 8 nitrogen and oxygen atoms in total. The van der Waals surface area contributed by atoms with Crippen LogP contribution in [0.25, 0.3) is 0 Å². The van der Waals surface area contributed by atoms with Crippen molar-refractivity contribution in [2.75, 3.05) is 13.1 Å². The summed E-state index contributed by atoms with van der Waals surface area (Å²) in [5.41, 5.74) is 0.659. The lowest BCUT2D eigenvalue weighted by molar-refractivity contribution is 0.0701. The molecule has 4 heterocycles. The van der Waals surface area contributed by atoms with E-state index in [4.69, 9.17) is 4.42 Å². The summed E-state index contributed by atoms with van der Waals surface area (Å²) in [6.07, 6.45) is 7.39. The summed E-state index contributed by atoms with van der Waals surface area (Å²) >= 11 is 0. The molecule has 0 bridgehead atoms. The first-order valence-corrected chi connectivity index (χ1v) is 9.23. The molecule has 0 N–H and O–H groups in total. The van der Waals surface area contributed by atoms with Gasteiger partial charge in [-0.25, -0.2) is 4.98 Å². The van der Waals surface area contributed by atoms with Crippen LogP contribution in [0.2, 0.25) is 0 Å². The number of carbonyl (C=O) groups is 1. The summed E-state index contributed by atoms with van der Waals surface area (Å²) < 4.78 is 9.54. The predicted octanol–water partition coefficient (Wildman–Crippen LogP) is 2.29. The fraction of sp³-hybridized carbons (Fsp3) is 0.474. The van der Waals surface area contributed by atoms with Crippen molar-refractivity contribution in [3.8, 4) is 0 Å². The maximum absolute atomic E-state index is 12.9. The summed E-state index contributed by atoms with van der Waals surface area (Å²) in [6, 6.07) is 1.83. The van der Waals surface area contributed by atoms with Crippen LogP contribution >= 0.6 is 0 Å². The molecule has 0 saturated carbocycles. The minimum atomic E-state index is 0.0369. The van der Waals surface area contributed by atoms with Gasteiger partial charge in [-0.15, -0.1) is 10.2 Å². The molecule has 0 aliphatic carbocycles. The summed E-state index contributed by atoms with van der Waals surface area (Å²) in [5.74, 6) is 3.48. The fourth-order valence-electron chi connectivity index (χ4n) is 3.80. The van der Waals surface area contributed by atoms with Crippen LogP contribution in [0.4, 0.5) is 0 Å². The number of piperidine rings is 1. The Balaban J connectivity index is 1.51. The highest BCUT2D eigenvalue weighted by molar-refractivity contribution is 5.95. The van der Waals surface area contributed by atoms with Crippen molar-refractivity contribution in [3.63, 3.8) is 0 Å². The number of aryl methyl sites for hydroxylation is 2. The first-order valence-electron chi connectivity index (χ1n) is 9.23. The smallest absolute Gasteiger partial charge is 0.257 e. The van der Waals surface area contributed by atoms with E-state index in [-0.39, 0.29) is 11.8 Å². The molecule has 0 radical (unpaired) electrons. The number of rotatable bonds is 4. The van der Waals surface area contributed by atoms with Gasteiger partial charge in [0.05, 0.1) is 18.4 Å². The Morgan fingerprint density at radius 2 is 2.19 bits per heavy atom. The molecule has 27 heavy (non-hydrogen) atoms. The molecule has 1 fully saturated rings. The number of amides is 1. The second-order valence-corrected chi connectivity index (χ2v) is 7.19. The van der Waals surface area contributed by atoms with Gasteiger partial charge in [0.2, 0.25) is 0 Å². The van der Waals surface area contributed by atoms with Gasteiger partial charge in [0.15, 0.2) is 5.82 Å². The van der Waals surface area contributed by atoms with Crippen LogP contribution < -0.4 is 0 Å². The second kappa shape index (κ2) is 7.02. The van der Waals surface area contributed by atoms with E-state index in [1.807, 2.05) is 47.2 Å². The predicted molar refractivity (Wildman–Crippen MR) is 98.4 cm³/mol. The van der Waals surface area contributed by atoms with Crippen LogP contribution in [0.5, 0.6) is 0 Å². The normalized spacial score (nSPS) is 17.4. The number of aromatic nitrogens is 5. The van der Waals surface area contributed by atoms with Gasteiger partial charge in [-0.05, 0) is 32.8 Å². The third-order valence-corrected chi connectivity index (χ3v) is 5.23. The number of nitrogens with zero attached hydrogens (tertiary/aromatic N) is 6. The lowest BCUT2D eigenvalue weighted by Crippen LogP contribution is -2.39. The molecule has 8 heteroatoms. The van der Waals surface area contributed by atoms with Gasteiger partial charge in [-0.3, -0.25) is 4.79 Å². The molecular weight excluding hydrogens is 344 g/mol. The van der Waals surface area contributed by atoms with Crippen LogP contribution in [0, 0.1) is 13.8 Å². The topological polar surface area (TPSA) is 82.0 Å². The van der Waals surface area contributed by atoms with Crippen molar-refractivity contribution in [1.82, 2.24) is 29.2 Å². The van der Waals surface area contributed by atoms with Gasteiger partial charge >= 0.3 is 0 Å². The average molecular weight is 368 g/mol. The van der Waals surface area contributed by atoms with Gasteiger partial charge in [-0.2, -0.15) is 0 Å². The highest BCUT2D eigenvalue weighted by Crippen LogP contribution is 2.28. The Bertz CT molecular complexity index is 940. The summed E-state index contributed by atoms with van der Waals surface area (Å²) in [4.78, 5) is 18.9. The Morgan fingerprint density at radius 1 is 1.33 bits per heavy atom. The first kappa shape index (κ1) is 17.5. The summed E-state index contributed by atoms with van der Waals surface area (Å²) in [6.45, 7) is 5.75. The molecule has 1 atom stereocenters. The molecule has 1 aliphatic rings. The molecule has 1 aliphatic heterocycles. The number of carbonyl (C=O) groups excluding carboxylic acids is 1. The molecule has 1 saturated heterocycles. The molecule has 0 aromatic carbocycles. The highest BCUT2D eigenvalue weighted by atomic mass is 16.3. The van der Waals surface area contributed by atoms with E-state index >= 15 is 0 Å². The van der Waals surface area contributed by atoms with E-state index in [2.05, 4.69) is 15.2 Å². The monoisotopic (exact) mass is 368 g/mol. The molecular formula is C19H24N6O2. The van der Waals surface area contributed by atoms with E-state index in [0.717, 1.165) is 36.8 Å². The van der Waals surface area contributed by atoms with Gasteiger partial charge in [-0.1, -0.05) is 0 Å². The zero-order valence-corrected chi connectivity index (χ0v) is 15.9. The maximum atomic E-state index is 12.9. The zero-order valence-electron chi connectivity index (χ0n) is 15.9. The van der Waals surface area contributed by atoms with Crippen LogP contribution in [0.3, 0.4) is 0 Å². The largest absolute Gasteiger partial charge is 0.466 e. The van der Waals surface area contributed by atoms with E-state index < -0.39 is 0 Å². The number of imidazole rings is 1. The highest BCUT2D eigenvalue weighted by Gasteiger charge is 2.30. The summed E-state index contributed by atoms with van der Waals surface area (Å²) in [5, 5.41) is 8.79. The van der Waals surface area contributed by atoms with Crippen LogP contribution in [-0.4, -0.2) is 48.2 Å². The van der Waals surface area contributed by atoms with Gasteiger partial charge in [0.1, 0.15) is 17.3 Å².